The van der Waals surface area contributed by atoms with Gasteiger partial charge in [0.1, 0.15) is 5.82 Å². The lowest BCUT2D eigenvalue weighted by Crippen LogP contribution is -2.19. The molecule has 116 valence electrons. The third kappa shape index (κ3) is 4.93. The molecule has 0 aliphatic carbocycles. The lowest BCUT2D eigenvalue weighted by Gasteiger charge is -2.22. The Labute approximate surface area is 133 Å². The Morgan fingerprint density at radius 2 is 2.23 bits per heavy atom. The van der Waals surface area contributed by atoms with E-state index in [2.05, 4.69) is 17.8 Å². The molecule has 0 aromatic heterocycles. The minimum atomic E-state index is -0.168. The first-order valence-corrected chi connectivity index (χ1v) is 7.48. The molecular weight excluding hydrogens is 273 g/mol. The van der Waals surface area contributed by atoms with Crippen LogP contribution < -0.4 is 5.32 Å². The van der Waals surface area contributed by atoms with Crippen LogP contribution in [0.4, 0.5) is 4.39 Å². The average molecular weight is 297 g/mol. The summed E-state index contributed by atoms with van der Waals surface area (Å²) in [5.74, 6) is 2.26. The average Bonchev–Trinajstić information content (AvgIpc) is 2.48. The smallest absolute Gasteiger partial charge is 0.127 e. The van der Waals surface area contributed by atoms with E-state index in [1.54, 1.807) is 12.1 Å². The zero-order valence-corrected chi connectivity index (χ0v) is 13.6. The van der Waals surface area contributed by atoms with Crippen LogP contribution in [0.5, 0.6) is 0 Å². The van der Waals surface area contributed by atoms with E-state index in [-0.39, 0.29) is 11.7 Å². The van der Waals surface area contributed by atoms with Crippen LogP contribution in [0.3, 0.4) is 0 Å². The molecule has 1 aromatic rings. The van der Waals surface area contributed by atoms with Crippen LogP contribution in [-0.4, -0.2) is 6.54 Å². The highest BCUT2D eigenvalue weighted by molar-refractivity contribution is 5.35. The Hall–Kier alpha value is -2.27. The third-order valence-electron chi connectivity index (χ3n) is 3.64. The summed E-state index contributed by atoms with van der Waals surface area (Å²) in [6.07, 6.45) is 11.5. The summed E-state index contributed by atoms with van der Waals surface area (Å²) in [5.41, 5.74) is 3.60. The summed E-state index contributed by atoms with van der Waals surface area (Å²) in [7, 11) is 0. The van der Waals surface area contributed by atoms with Crippen LogP contribution in [-0.2, 0) is 0 Å². The fourth-order valence-electron chi connectivity index (χ4n) is 2.42. The Morgan fingerprint density at radius 3 is 2.82 bits per heavy atom. The van der Waals surface area contributed by atoms with Gasteiger partial charge < -0.3 is 5.32 Å². The maximum atomic E-state index is 14.1. The Morgan fingerprint density at radius 1 is 1.50 bits per heavy atom. The molecule has 0 spiro atoms. The van der Waals surface area contributed by atoms with E-state index in [0.717, 1.165) is 28.8 Å². The Kier molecular flexibility index (Phi) is 7.19. The number of allylic oxidation sites excluding steroid dienone is 4. The second-order valence-electron chi connectivity index (χ2n) is 5.29. The van der Waals surface area contributed by atoms with Crippen LogP contribution in [0, 0.1) is 25.1 Å². The minimum Gasteiger partial charge on any atom is -0.385 e. The van der Waals surface area contributed by atoms with Crippen molar-refractivity contribution in [1.82, 2.24) is 5.32 Å². The molecule has 0 aliphatic rings. The van der Waals surface area contributed by atoms with Gasteiger partial charge in [-0.3, -0.25) is 0 Å². The van der Waals surface area contributed by atoms with Gasteiger partial charge >= 0.3 is 0 Å². The molecule has 0 heterocycles. The monoisotopic (exact) mass is 297 g/mol. The molecule has 0 amide bonds. The lowest BCUT2D eigenvalue weighted by atomic mass is 9.89. The van der Waals surface area contributed by atoms with E-state index in [9.17, 15) is 4.39 Å². The molecule has 0 fully saturated rings. The number of benzene rings is 1. The van der Waals surface area contributed by atoms with E-state index in [1.165, 1.54) is 6.07 Å². The molecule has 1 aromatic carbocycles. The number of hydrogen-bond donors (Lipinski definition) is 1. The molecule has 0 bridgehead atoms. The van der Waals surface area contributed by atoms with E-state index < -0.39 is 0 Å². The Balaban J connectivity index is 2.78. The Bertz CT molecular complexity index is 597. The van der Waals surface area contributed by atoms with Gasteiger partial charge in [-0.25, -0.2) is 4.39 Å². The maximum absolute atomic E-state index is 14.1. The normalized spacial score (nSPS) is 13.0. The number of halogens is 1. The standard InChI is InChI=1S/C20H24FN/c1-6-8-10-15(3)13-14-22-17(5)18(7-2)20-16(4)11-9-12-19(20)21/h1,8-13,18,22H,5,7,14H2,2-4H3/b10-8-,15-13-. The summed E-state index contributed by atoms with van der Waals surface area (Å²) in [6.45, 7) is 10.7. The predicted molar refractivity (Wildman–Crippen MR) is 93.0 cm³/mol. The van der Waals surface area contributed by atoms with Gasteiger partial charge in [-0.2, -0.15) is 0 Å². The van der Waals surface area contributed by atoms with Crippen molar-refractivity contribution in [2.45, 2.75) is 33.1 Å². The second-order valence-corrected chi connectivity index (χ2v) is 5.29. The molecule has 2 heteroatoms. The van der Waals surface area contributed by atoms with Gasteiger partial charge in [-0.15, -0.1) is 6.42 Å². The largest absolute Gasteiger partial charge is 0.385 e. The van der Waals surface area contributed by atoms with Crippen molar-refractivity contribution in [1.29, 1.82) is 0 Å². The molecule has 1 unspecified atom stereocenters. The minimum absolute atomic E-state index is 0.0313. The van der Waals surface area contributed by atoms with Crippen molar-refractivity contribution in [3.8, 4) is 12.3 Å². The van der Waals surface area contributed by atoms with Crippen molar-refractivity contribution in [2.75, 3.05) is 6.54 Å². The van der Waals surface area contributed by atoms with Gasteiger partial charge in [0.25, 0.3) is 0 Å². The fourth-order valence-corrected chi connectivity index (χ4v) is 2.42. The summed E-state index contributed by atoms with van der Waals surface area (Å²) in [5, 5.41) is 3.27. The molecule has 0 aliphatic heterocycles. The molecule has 22 heavy (non-hydrogen) atoms. The summed E-state index contributed by atoms with van der Waals surface area (Å²) >= 11 is 0. The van der Waals surface area contributed by atoms with Crippen molar-refractivity contribution in [2.24, 2.45) is 0 Å². The van der Waals surface area contributed by atoms with Gasteiger partial charge in [0, 0.05) is 18.2 Å². The third-order valence-corrected chi connectivity index (χ3v) is 3.64. The van der Waals surface area contributed by atoms with Gasteiger partial charge in [0.05, 0.1) is 0 Å². The zero-order chi connectivity index (χ0) is 16.5. The molecule has 0 saturated heterocycles. The highest BCUT2D eigenvalue weighted by atomic mass is 19.1. The molecule has 1 nitrogen and oxygen atoms in total. The van der Waals surface area contributed by atoms with Gasteiger partial charge in [-0.05, 0) is 43.5 Å². The first kappa shape index (κ1) is 17.8. The first-order chi connectivity index (χ1) is 10.5. The molecule has 0 saturated carbocycles. The van der Waals surface area contributed by atoms with Crippen LogP contribution in [0.2, 0.25) is 0 Å². The van der Waals surface area contributed by atoms with Crippen molar-refractivity contribution in [3.05, 3.63) is 71.2 Å². The van der Waals surface area contributed by atoms with Gasteiger partial charge in [0.2, 0.25) is 0 Å². The SMILES string of the molecule is C#C/C=C\C(C)=C/CNC(=C)C(CC)c1c(C)cccc1F. The zero-order valence-electron chi connectivity index (χ0n) is 13.6. The van der Waals surface area contributed by atoms with Crippen LogP contribution in [0.1, 0.15) is 37.3 Å². The molecule has 1 rings (SSSR count). The summed E-state index contributed by atoms with van der Waals surface area (Å²) < 4.78 is 14.1. The van der Waals surface area contributed by atoms with E-state index in [4.69, 9.17) is 6.42 Å². The second kappa shape index (κ2) is 8.89. The predicted octanol–water partition coefficient (Wildman–Crippen LogP) is 4.87. The quantitative estimate of drug-likeness (QED) is 0.559. The summed E-state index contributed by atoms with van der Waals surface area (Å²) in [4.78, 5) is 0. The van der Waals surface area contributed by atoms with E-state index in [0.29, 0.717) is 6.54 Å². The van der Waals surface area contributed by atoms with Crippen LogP contribution >= 0.6 is 0 Å². The molecule has 0 radical (unpaired) electrons. The lowest BCUT2D eigenvalue weighted by molar-refractivity contribution is 0.577. The molecule has 1 N–H and O–H groups in total. The highest BCUT2D eigenvalue weighted by Crippen LogP contribution is 2.30. The van der Waals surface area contributed by atoms with Crippen LogP contribution in [0.25, 0.3) is 0 Å². The molecule has 1 atom stereocenters. The van der Waals surface area contributed by atoms with Crippen molar-refractivity contribution in [3.63, 3.8) is 0 Å². The van der Waals surface area contributed by atoms with Gasteiger partial charge in [0.15, 0.2) is 0 Å². The highest BCUT2D eigenvalue weighted by Gasteiger charge is 2.18. The van der Waals surface area contributed by atoms with Crippen molar-refractivity contribution < 1.29 is 4.39 Å². The number of hydrogen-bond acceptors (Lipinski definition) is 1. The van der Waals surface area contributed by atoms with Gasteiger partial charge in [-0.1, -0.05) is 49.3 Å². The maximum Gasteiger partial charge on any atom is 0.127 e. The number of nitrogens with one attached hydrogen (secondary N) is 1. The number of rotatable bonds is 7. The summed E-state index contributed by atoms with van der Waals surface area (Å²) in [6, 6.07) is 5.18. The van der Waals surface area contributed by atoms with E-state index >= 15 is 0 Å². The first-order valence-electron chi connectivity index (χ1n) is 7.48. The van der Waals surface area contributed by atoms with Crippen molar-refractivity contribution >= 4 is 0 Å². The number of aryl methyl sites for hydroxylation is 1. The fraction of sp³-hybridized carbons (Fsp3) is 0.300. The molecular formula is C20H24FN. The topological polar surface area (TPSA) is 12.0 Å². The van der Waals surface area contributed by atoms with E-state index in [1.807, 2.05) is 39.0 Å². The van der Waals surface area contributed by atoms with Crippen LogP contribution in [0.15, 0.2) is 54.3 Å². The number of terminal acetylenes is 1.